The number of aliphatic hydroxyl groups is 2. The van der Waals surface area contributed by atoms with Crippen molar-refractivity contribution in [1.82, 2.24) is 14.8 Å². The zero-order chi connectivity index (χ0) is 23.3. The summed E-state index contributed by atoms with van der Waals surface area (Å²) in [6.07, 6.45) is 0.0277. The fraction of sp³-hybridized carbons (Fsp3) is 0.375. The molecular formula is C24H28FN3O4. The second-order valence-corrected chi connectivity index (χ2v) is 8.15. The minimum absolute atomic E-state index is 0.0242. The second kappa shape index (κ2) is 10.5. The van der Waals surface area contributed by atoms with Gasteiger partial charge in [-0.3, -0.25) is 4.79 Å². The molecular weight excluding hydrogens is 413 g/mol. The molecule has 0 amide bonds. The number of benzene rings is 1. The summed E-state index contributed by atoms with van der Waals surface area (Å²) in [5, 5.41) is 33.9. The Hall–Kier alpha value is -3.10. The van der Waals surface area contributed by atoms with E-state index in [1.165, 1.54) is 12.1 Å². The van der Waals surface area contributed by atoms with E-state index in [2.05, 4.69) is 4.98 Å². The minimum Gasteiger partial charge on any atom is -0.481 e. The highest BCUT2D eigenvalue weighted by molar-refractivity contribution is 5.67. The molecule has 3 aromatic rings. The van der Waals surface area contributed by atoms with Crippen LogP contribution in [-0.2, 0) is 11.2 Å². The summed E-state index contributed by atoms with van der Waals surface area (Å²) in [6, 6.07) is 11.7. The third kappa shape index (κ3) is 5.77. The summed E-state index contributed by atoms with van der Waals surface area (Å²) in [7, 11) is 0. The molecule has 1 unspecified atom stereocenters. The molecule has 170 valence electrons. The van der Waals surface area contributed by atoms with Gasteiger partial charge in [-0.2, -0.15) is 5.10 Å². The van der Waals surface area contributed by atoms with Gasteiger partial charge >= 0.3 is 5.97 Å². The van der Waals surface area contributed by atoms with E-state index in [-0.39, 0.29) is 18.2 Å². The predicted molar refractivity (Wildman–Crippen MR) is 118 cm³/mol. The van der Waals surface area contributed by atoms with Crippen LogP contribution in [-0.4, -0.2) is 48.3 Å². The molecule has 3 N–H and O–H groups in total. The summed E-state index contributed by atoms with van der Waals surface area (Å²) in [5.41, 5.74) is 3.29. The number of hydrogen-bond acceptors (Lipinski definition) is 5. The van der Waals surface area contributed by atoms with E-state index in [0.717, 1.165) is 22.5 Å². The molecule has 7 nitrogen and oxygen atoms in total. The molecule has 1 aromatic carbocycles. The average Bonchev–Trinajstić information content (AvgIpc) is 3.12. The van der Waals surface area contributed by atoms with E-state index in [1.807, 2.05) is 32.0 Å². The number of nitrogens with zero attached hydrogens (tertiary/aromatic N) is 3. The van der Waals surface area contributed by atoms with Crippen molar-refractivity contribution in [2.45, 2.75) is 57.7 Å². The number of hydrogen-bond donors (Lipinski definition) is 3. The first kappa shape index (κ1) is 23.6. The molecule has 0 spiro atoms. The molecule has 0 fully saturated rings. The van der Waals surface area contributed by atoms with E-state index < -0.39 is 24.6 Å². The summed E-state index contributed by atoms with van der Waals surface area (Å²) in [5.74, 6) is -0.741. The van der Waals surface area contributed by atoms with Gasteiger partial charge in [-0.05, 0) is 61.6 Å². The van der Waals surface area contributed by atoms with E-state index >= 15 is 0 Å². The zero-order valence-electron chi connectivity index (χ0n) is 18.1. The maximum atomic E-state index is 13.6. The molecule has 2 atom stereocenters. The van der Waals surface area contributed by atoms with Gasteiger partial charge in [0.05, 0.1) is 30.0 Å². The standard InChI is InChI=1S/C24H28FN3O4/c1-15(2)23-20(11-10-18(29)13-19(30)14-22(31)32)24(16-6-8-17(25)9-7-16)28(27-23)21-5-3-4-12-26-21/h3-9,12,15,18-19,29-30H,10-11,13-14H2,1-2H3,(H,31,32)/t18?,19-/m1/s1. The van der Waals surface area contributed by atoms with Crippen LogP contribution in [0.4, 0.5) is 4.39 Å². The number of pyridine rings is 1. The molecule has 0 bridgehead atoms. The highest BCUT2D eigenvalue weighted by atomic mass is 19.1. The van der Waals surface area contributed by atoms with Crippen molar-refractivity contribution in [3.8, 4) is 17.1 Å². The number of carboxylic acid groups (broad SMARTS) is 1. The molecule has 8 heteroatoms. The van der Waals surface area contributed by atoms with Gasteiger partial charge in [0.15, 0.2) is 5.82 Å². The summed E-state index contributed by atoms with van der Waals surface area (Å²) >= 11 is 0. The summed E-state index contributed by atoms with van der Waals surface area (Å²) in [6.45, 7) is 4.05. The molecule has 3 rings (SSSR count). The Labute approximate surface area is 186 Å². The van der Waals surface area contributed by atoms with Crippen molar-refractivity contribution < 1.29 is 24.5 Å². The number of rotatable bonds is 10. The quantitative estimate of drug-likeness (QED) is 0.443. The first-order valence-corrected chi connectivity index (χ1v) is 10.6. The average molecular weight is 442 g/mol. The Bertz CT molecular complexity index is 1040. The first-order chi connectivity index (χ1) is 15.3. The SMILES string of the molecule is CC(C)c1nn(-c2ccccn2)c(-c2ccc(F)cc2)c1CCC(O)C[C@@H](O)CC(=O)O. The lowest BCUT2D eigenvalue weighted by Gasteiger charge is -2.16. The van der Waals surface area contributed by atoms with Crippen molar-refractivity contribution in [3.05, 3.63) is 65.7 Å². The van der Waals surface area contributed by atoms with Gasteiger partial charge < -0.3 is 15.3 Å². The van der Waals surface area contributed by atoms with Crippen molar-refractivity contribution in [1.29, 1.82) is 0 Å². The van der Waals surface area contributed by atoms with Crippen LogP contribution >= 0.6 is 0 Å². The highest BCUT2D eigenvalue weighted by Crippen LogP contribution is 2.33. The lowest BCUT2D eigenvalue weighted by molar-refractivity contribution is -0.139. The second-order valence-electron chi connectivity index (χ2n) is 8.15. The third-order valence-electron chi connectivity index (χ3n) is 5.23. The Morgan fingerprint density at radius 1 is 1.09 bits per heavy atom. The predicted octanol–water partition coefficient (Wildman–Crippen LogP) is 3.72. The number of carbonyl (C=O) groups is 1. The van der Waals surface area contributed by atoms with Crippen molar-refractivity contribution in [3.63, 3.8) is 0 Å². The van der Waals surface area contributed by atoms with Gasteiger partial charge in [0, 0.05) is 17.3 Å². The van der Waals surface area contributed by atoms with Crippen LogP contribution < -0.4 is 0 Å². The molecule has 2 heterocycles. The first-order valence-electron chi connectivity index (χ1n) is 10.6. The Morgan fingerprint density at radius 3 is 2.41 bits per heavy atom. The Balaban J connectivity index is 1.99. The molecule has 0 saturated heterocycles. The van der Waals surface area contributed by atoms with Crippen LogP contribution in [0.15, 0.2) is 48.7 Å². The molecule has 0 aliphatic heterocycles. The van der Waals surface area contributed by atoms with E-state index in [4.69, 9.17) is 10.2 Å². The van der Waals surface area contributed by atoms with Crippen LogP contribution in [0.3, 0.4) is 0 Å². The van der Waals surface area contributed by atoms with E-state index in [9.17, 15) is 19.4 Å². The van der Waals surface area contributed by atoms with Gasteiger partial charge in [-0.1, -0.05) is 19.9 Å². The number of aliphatic carboxylic acids is 1. The monoisotopic (exact) mass is 441 g/mol. The minimum atomic E-state index is -1.11. The van der Waals surface area contributed by atoms with Crippen LogP contribution in [0.1, 0.15) is 50.3 Å². The maximum absolute atomic E-state index is 13.6. The van der Waals surface area contributed by atoms with Crippen molar-refractivity contribution in [2.75, 3.05) is 0 Å². The molecule has 32 heavy (non-hydrogen) atoms. The fourth-order valence-electron chi connectivity index (χ4n) is 3.75. The van der Waals surface area contributed by atoms with Gasteiger partial charge in [0.25, 0.3) is 0 Å². The highest BCUT2D eigenvalue weighted by Gasteiger charge is 2.24. The van der Waals surface area contributed by atoms with Crippen LogP contribution in [0.5, 0.6) is 0 Å². The lowest BCUT2D eigenvalue weighted by Crippen LogP contribution is -2.21. The molecule has 2 aromatic heterocycles. The molecule has 0 radical (unpaired) electrons. The summed E-state index contributed by atoms with van der Waals surface area (Å²) < 4.78 is 15.3. The number of halogens is 1. The fourth-order valence-corrected chi connectivity index (χ4v) is 3.75. The van der Waals surface area contributed by atoms with Gasteiger partial charge in [-0.25, -0.2) is 14.1 Å². The van der Waals surface area contributed by atoms with Gasteiger partial charge in [0.1, 0.15) is 5.82 Å². The van der Waals surface area contributed by atoms with E-state index in [0.29, 0.717) is 18.7 Å². The largest absolute Gasteiger partial charge is 0.481 e. The summed E-state index contributed by atoms with van der Waals surface area (Å²) in [4.78, 5) is 15.2. The molecule has 0 saturated carbocycles. The topological polar surface area (TPSA) is 108 Å². The van der Waals surface area contributed by atoms with Crippen molar-refractivity contribution >= 4 is 5.97 Å². The van der Waals surface area contributed by atoms with Gasteiger partial charge in [-0.15, -0.1) is 0 Å². The van der Waals surface area contributed by atoms with Crippen LogP contribution in [0.25, 0.3) is 17.1 Å². The third-order valence-corrected chi connectivity index (χ3v) is 5.23. The van der Waals surface area contributed by atoms with Crippen LogP contribution in [0, 0.1) is 5.82 Å². The van der Waals surface area contributed by atoms with E-state index in [1.54, 1.807) is 23.0 Å². The van der Waals surface area contributed by atoms with Gasteiger partial charge in [0.2, 0.25) is 0 Å². The van der Waals surface area contributed by atoms with Crippen molar-refractivity contribution in [2.24, 2.45) is 0 Å². The van der Waals surface area contributed by atoms with Crippen LogP contribution in [0.2, 0.25) is 0 Å². The normalized spacial score (nSPS) is 13.3. The number of aliphatic hydroxyl groups excluding tert-OH is 2. The smallest absolute Gasteiger partial charge is 0.305 e. The number of carboxylic acids is 1. The lowest BCUT2D eigenvalue weighted by atomic mass is 9.94. The zero-order valence-corrected chi connectivity index (χ0v) is 18.1. The Morgan fingerprint density at radius 2 is 1.81 bits per heavy atom. The molecule has 0 aliphatic rings. The number of aromatic nitrogens is 3. The Kier molecular flexibility index (Phi) is 7.71. The maximum Gasteiger partial charge on any atom is 0.305 e. The molecule has 0 aliphatic carbocycles.